The van der Waals surface area contributed by atoms with Crippen LogP contribution in [0.15, 0.2) is 24.3 Å². The van der Waals surface area contributed by atoms with Crippen molar-refractivity contribution < 1.29 is 102 Å². The number of rotatable bonds is 10. The highest BCUT2D eigenvalue weighted by Gasteiger charge is 2.52. The Balaban J connectivity index is 0.000000445. The minimum atomic E-state index is -7.22. The monoisotopic (exact) mass is 910 g/mol. The summed E-state index contributed by atoms with van der Waals surface area (Å²) in [6.45, 7) is 0.190. The highest BCUT2D eigenvalue weighted by Crippen LogP contribution is 2.30. The molecule has 0 spiro atoms. The normalized spacial score (nSPS) is 11.7. The maximum Gasteiger partial charge on any atom is 0.200 e. The molecule has 2 nitrogen and oxygen atoms in total. The maximum atomic E-state index is 15.4. The van der Waals surface area contributed by atoms with Gasteiger partial charge in [0.15, 0.2) is 69.8 Å². The molecule has 5 rings (SSSR count). The maximum absolute atomic E-state index is 15.4. The first-order chi connectivity index (χ1) is 28.0. The van der Waals surface area contributed by atoms with E-state index in [1.165, 1.54) is 6.07 Å². The van der Waals surface area contributed by atoms with Crippen LogP contribution in [0.25, 0.3) is 0 Å². The van der Waals surface area contributed by atoms with Gasteiger partial charge in [-0.15, -0.1) is 21.9 Å². The van der Waals surface area contributed by atoms with Crippen molar-refractivity contribution in [2.45, 2.75) is 5.75 Å². The van der Waals surface area contributed by atoms with Crippen LogP contribution in [-0.2, 0) is 16.6 Å². The van der Waals surface area contributed by atoms with E-state index in [1.807, 2.05) is 0 Å². The number of aliphatic hydroxyl groups excluding tert-OH is 2. The molecule has 0 fully saturated rings. The van der Waals surface area contributed by atoms with Gasteiger partial charge in [0.1, 0.15) is 75.8 Å². The highest BCUT2D eigenvalue weighted by atomic mass is 32.2. The molecule has 0 heterocycles. The average Bonchev–Trinajstić information content (AvgIpc) is 3.22. The fourth-order valence-corrected chi connectivity index (χ4v) is 7.90. The first kappa shape index (κ1) is 47.6. The summed E-state index contributed by atoms with van der Waals surface area (Å²) >= 11 is 0. The molecule has 0 aliphatic carbocycles. The molecule has 0 bridgehead atoms. The third-order valence-corrected chi connectivity index (χ3v) is 11.0. The molecule has 5 aromatic rings. The Kier molecular flexibility index (Phi) is 14.5. The van der Waals surface area contributed by atoms with Gasteiger partial charge in [-0.1, -0.05) is 18.2 Å². The fourth-order valence-electron chi connectivity index (χ4n) is 6.21. The Labute approximate surface area is 323 Å². The molecule has 25 heteroatoms. The van der Waals surface area contributed by atoms with Gasteiger partial charge in [-0.25, -0.2) is 92.2 Å². The second kappa shape index (κ2) is 18.3. The van der Waals surface area contributed by atoms with Gasteiger partial charge in [0.25, 0.3) is 0 Å². The van der Waals surface area contributed by atoms with Crippen molar-refractivity contribution in [3.05, 3.63) is 152 Å². The van der Waals surface area contributed by atoms with Gasteiger partial charge in [0.05, 0.1) is 13.2 Å². The molecule has 0 aromatic heterocycles. The van der Waals surface area contributed by atoms with Gasteiger partial charge in [-0.05, 0) is 17.0 Å². The number of halogens is 21. The van der Waals surface area contributed by atoms with Crippen LogP contribution in [0.3, 0.4) is 0 Å². The summed E-state index contributed by atoms with van der Waals surface area (Å²) in [5.74, 6) is -69.7. The van der Waals surface area contributed by atoms with Crippen molar-refractivity contribution in [2.24, 2.45) is 0 Å². The van der Waals surface area contributed by atoms with E-state index in [9.17, 15) is 57.1 Å². The van der Waals surface area contributed by atoms with Gasteiger partial charge in [-0.3, -0.25) is 0 Å². The van der Waals surface area contributed by atoms with Crippen molar-refractivity contribution in [3.63, 3.8) is 0 Å². The van der Waals surface area contributed by atoms with Crippen molar-refractivity contribution in [1.29, 1.82) is 0 Å². The predicted octanol–water partition coefficient (Wildman–Crippen LogP) is 6.77. The minimum Gasteiger partial charge on any atom is -0.391 e. The lowest BCUT2D eigenvalue weighted by Gasteiger charge is -2.44. The zero-order valence-electron chi connectivity index (χ0n) is 28.7. The summed E-state index contributed by atoms with van der Waals surface area (Å²) in [6, 6.07) is 6.66. The molecule has 0 aliphatic rings. The van der Waals surface area contributed by atoms with Crippen LogP contribution in [0.4, 0.5) is 92.2 Å². The summed E-state index contributed by atoms with van der Waals surface area (Å²) in [7, 11) is -0.126. The Bertz CT molecular complexity index is 2100. The van der Waals surface area contributed by atoms with Crippen LogP contribution in [0, 0.1) is 122 Å². The van der Waals surface area contributed by atoms with Crippen molar-refractivity contribution >= 4 is 38.9 Å². The highest BCUT2D eigenvalue weighted by molar-refractivity contribution is 7.96. The van der Waals surface area contributed by atoms with Crippen LogP contribution in [0.1, 0.15) is 5.56 Å². The molecule has 0 atom stereocenters. The van der Waals surface area contributed by atoms with Crippen LogP contribution in [0.5, 0.6) is 0 Å². The molecule has 0 unspecified atom stereocenters. The second-order valence-corrected chi connectivity index (χ2v) is 14.3. The van der Waals surface area contributed by atoms with Crippen LogP contribution >= 0.6 is 0 Å². The summed E-state index contributed by atoms with van der Waals surface area (Å²) in [5.41, 5.74) is -13.7. The number of benzene rings is 5. The molecule has 0 saturated heterocycles. The molecule has 5 aromatic carbocycles. The van der Waals surface area contributed by atoms with E-state index in [-0.39, 0.29) is 29.9 Å². The fraction of sp³-hybridized carbons (Fsp3) is 0.143. The topological polar surface area (TPSA) is 40.5 Å². The van der Waals surface area contributed by atoms with Crippen molar-refractivity contribution in [2.75, 3.05) is 24.7 Å². The third kappa shape index (κ3) is 7.74. The lowest BCUT2D eigenvalue weighted by molar-refractivity contribution is 0.316. The van der Waals surface area contributed by atoms with Gasteiger partial charge >= 0.3 is 0 Å². The lowest BCUT2D eigenvalue weighted by Crippen LogP contribution is -2.81. The smallest absolute Gasteiger partial charge is 0.200 e. The number of aliphatic hydroxyl groups is 2. The lowest BCUT2D eigenvalue weighted by atomic mass is 9.12. The largest absolute Gasteiger partial charge is 0.391 e. The van der Waals surface area contributed by atoms with Gasteiger partial charge in [0, 0.05) is 5.56 Å². The third-order valence-electron chi connectivity index (χ3n) is 8.78. The Morgan fingerprint density at radius 3 is 0.767 bits per heavy atom. The van der Waals surface area contributed by atoms with Crippen LogP contribution in [0.2, 0.25) is 0 Å². The second-order valence-electron chi connectivity index (χ2n) is 12.0. The minimum absolute atomic E-state index is 0.0948. The van der Waals surface area contributed by atoms with Crippen molar-refractivity contribution in [1.82, 2.24) is 0 Å². The quantitative estimate of drug-likeness (QED) is 0.0535. The molecular formula is C35H16BF21O2S. The zero-order valence-corrected chi connectivity index (χ0v) is 29.5. The van der Waals surface area contributed by atoms with Gasteiger partial charge in [-0.2, -0.15) is 0 Å². The molecule has 0 aliphatic heterocycles. The van der Waals surface area contributed by atoms with Gasteiger partial charge in [0.2, 0.25) is 0 Å². The Hall–Kier alpha value is -5.04. The number of hydrogen-bond donors (Lipinski definition) is 2. The molecule has 0 radical (unpaired) electrons. The molecule has 0 amide bonds. The average molecular weight is 910 g/mol. The summed E-state index contributed by atoms with van der Waals surface area (Å²) in [5, 5.41) is 17.7. The molecular weight excluding hydrogens is 894 g/mol. The summed E-state index contributed by atoms with van der Waals surface area (Å²) < 4.78 is 307. The summed E-state index contributed by atoms with van der Waals surface area (Å²) in [6.07, 6.45) is -7.22. The Morgan fingerprint density at radius 2 is 0.550 bits per heavy atom. The van der Waals surface area contributed by atoms with E-state index in [1.54, 1.807) is 18.2 Å². The predicted molar refractivity (Wildman–Crippen MR) is 171 cm³/mol. The van der Waals surface area contributed by atoms with Gasteiger partial charge < -0.3 is 10.2 Å². The first-order valence-corrected chi connectivity index (χ1v) is 17.5. The molecule has 60 heavy (non-hydrogen) atoms. The molecule has 2 N–H and O–H groups in total. The van der Waals surface area contributed by atoms with E-state index in [4.69, 9.17) is 10.2 Å². The van der Waals surface area contributed by atoms with Crippen LogP contribution < -0.4 is 21.9 Å². The van der Waals surface area contributed by atoms with E-state index in [0.29, 0.717) is 22.8 Å². The van der Waals surface area contributed by atoms with Crippen molar-refractivity contribution in [3.8, 4) is 0 Å². The first-order valence-electron chi connectivity index (χ1n) is 15.8. The van der Waals surface area contributed by atoms with E-state index < -0.39 is 144 Å². The van der Waals surface area contributed by atoms with Crippen LogP contribution in [-0.4, -0.2) is 41.1 Å². The summed E-state index contributed by atoms with van der Waals surface area (Å²) in [4.78, 5) is 0. The van der Waals surface area contributed by atoms with E-state index in [2.05, 4.69) is 0 Å². The number of hydrogen-bond acceptors (Lipinski definition) is 2. The van der Waals surface area contributed by atoms with E-state index >= 15 is 35.1 Å². The Morgan fingerprint density at radius 1 is 0.333 bits per heavy atom. The SMILES string of the molecule is Fc1c(F)c(F)c([B-](c2c(F)c(F)c(F)c(F)c2F)(c2c(F)c(F)c(F)c(F)c2F)c2c(F)c(F)c(F)c(F)c2F)c(F)c1F.OCC[S+](CCO)Cc1ccccc1F. The van der Waals surface area contributed by atoms with E-state index in [0.717, 1.165) is 0 Å². The standard InChI is InChI=1S/C24BF20.C11H16FO2S/c26-5-1(6(27)14(35)21(42)13(5)34)25(2-7(28)15(36)22(43)16(37)8(2)29,3-9(30)17(38)23(44)18(39)10(3)31)4-11(32)19(40)24(45)20(41)12(4)33;12-11-4-2-1-3-10(11)9-15(7-5-13)8-6-14/h;1-4,13-14H,5-9H2/q-1;+1. The molecule has 0 saturated carbocycles. The zero-order chi connectivity index (χ0) is 45.5. The molecule has 324 valence electrons.